The zero-order chi connectivity index (χ0) is 11.4. The zero-order valence-corrected chi connectivity index (χ0v) is 8.95. The largest absolute Gasteiger partial charge is 0.477 e. The maximum absolute atomic E-state index is 10.6. The number of rotatable bonds is 3. The molecular formula is C12H15NO2. The summed E-state index contributed by atoms with van der Waals surface area (Å²) in [5.41, 5.74) is 8.34. The summed E-state index contributed by atoms with van der Waals surface area (Å²) in [5.74, 6) is -1.08. The van der Waals surface area contributed by atoms with Crippen LogP contribution in [-0.4, -0.2) is 11.1 Å². The van der Waals surface area contributed by atoms with Crippen LogP contribution in [0.1, 0.15) is 23.6 Å². The van der Waals surface area contributed by atoms with Crippen molar-refractivity contribution in [3.05, 3.63) is 40.6 Å². The molecule has 0 spiro atoms. The smallest absolute Gasteiger partial charge is 0.351 e. The second-order valence-corrected chi connectivity index (χ2v) is 3.46. The number of carboxylic acid groups (broad SMARTS) is 1. The first kappa shape index (κ1) is 11.3. The molecule has 80 valence electrons. The highest BCUT2D eigenvalue weighted by Gasteiger charge is 2.04. The number of hydrogen-bond acceptors (Lipinski definition) is 2. The van der Waals surface area contributed by atoms with E-state index in [1.54, 1.807) is 0 Å². The van der Waals surface area contributed by atoms with E-state index in [9.17, 15) is 4.79 Å². The fourth-order valence-electron chi connectivity index (χ4n) is 1.40. The lowest BCUT2D eigenvalue weighted by Gasteiger charge is -2.05. The van der Waals surface area contributed by atoms with Crippen molar-refractivity contribution in [3.63, 3.8) is 0 Å². The van der Waals surface area contributed by atoms with Crippen LogP contribution >= 0.6 is 0 Å². The Bertz CT molecular complexity index is 408. The number of aliphatic carboxylic acids is 1. The van der Waals surface area contributed by atoms with Crippen LogP contribution in [0.2, 0.25) is 0 Å². The van der Waals surface area contributed by atoms with Gasteiger partial charge in [-0.2, -0.15) is 0 Å². The second kappa shape index (κ2) is 4.64. The molecular weight excluding hydrogens is 190 g/mol. The van der Waals surface area contributed by atoms with E-state index < -0.39 is 5.97 Å². The fraction of sp³-hybridized carbons (Fsp3) is 0.250. The lowest BCUT2D eigenvalue weighted by molar-refractivity contribution is -0.132. The van der Waals surface area contributed by atoms with Crippen LogP contribution < -0.4 is 5.73 Å². The average Bonchev–Trinajstić information content (AvgIpc) is 2.18. The Hall–Kier alpha value is -1.77. The molecule has 0 aliphatic heterocycles. The molecule has 1 aromatic rings. The molecule has 0 fully saturated rings. The van der Waals surface area contributed by atoms with E-state index in [-0.39, 0.29) is 5.70 Å². The fourth-order valence-corrected chi connectivity index (χ4v) is 1.40. The van der Waals surface area contributed by atoms with E-state index in [2.05, 4.69) is 0 Å². The van der Waals surface area contributed by atoms with E-state index in [4.69, 9.17) is 10.8 Å². The summed E-state index contributed by atoms with van der Waals surface area (Å²) < 4.78 is 0. The molecule has 0 aromatic heterocycles. The number of hydrogen-bond donors (Lipinski definition) is 2. The Kier molecular flexibility index (Phi) is 3.50. The van der Waals surface area contributed by atoms with Gasteiger partial charge in [-0.15, -0.1) is 0 Å². The van der Waals surface area contributed by atoms with Gasteiger partial charge in [0.2, 0.25) is 0 Å². The molecule has 3 N–H and O–H groups in total. The molecule has 0 bridgehead atoms. The Morgan fingerprint density at radius 1 is 1.53 bits per heavy atom. The van der Waals surface area contributed by atoms with Gasteiger partial charge >= 0.3 is 5.97 Å². The topological polar surface area (TPSA) is 63.3 Å². The Morgan fingerprint density at radius 3 is 2.73 bits per heavy atom. The van der Waals surface area contributed by atoms with Crippen LogP contribution in [0.25, 0.3) is 6.08 Å². The van der Waals surface area contributed by atoms with Crippen LogP contribution in [0.4, 0.5) is 0 Å². The van der Waals surface area contributed by atoms with Gasteiger partial charge in [-0.3, -0.25) is 0 Å². The standard InChI is InChI=1S/C12H15NO2/c1-3-9-5-4-8(2)6-10(9)7-11(13)12(14)15/h4-7H,3,13H2,1-2H3,(H,14,15)/b11-7-. The summed E-state index contributed by atoms with van der Waals surface area (Å²) in [6, 6.07) is 5.94. The summed E-state index contributed by atoms with van der Waals surface area (Å²) in [6.45, 7) is 3.99. The number of carbonyl (C=O) groups is 1. The molecule has 0 saturated carbocycles. The lowest BCUT2D eigenvalue weighted by atomic mass is 10.0. The van der Waals surface area contributed by atoms with Crippen molar-refractivity contribution in [3.8, 4) is 0 Å². The third-order valence-electron chi connectivity index (χ3n) is 2.24. The second-order valence-electron chi connectivity index (χ2n) is 3.46. The Morgan fingerprint density at radius 2 is 2.20 bits per heavy atom. The number of carboxylic acids is 1. The molecule has 0 atom stereocenters. The van der Waals surface area contributed by atoms with E-state index in [1.807, 2.05) is 32.0 Å². The van der Waals surface area contributed by atoms with Gasteiger partial charge in [-0.1, -0.05) is 30.7 Å². The minimum Gasteiger partial charge on any atom is -0.477 e. The van der Waals surface area contributed by atoms with Crippen LogP contribution in [0, 0.1) is 6.92 Å². The number of benzene rings is 1. The van der Waals surface area contributed by atoms with Crippen molar-refractivity contribution in [2.75, 3.05) is 0 Å². The van der Waals surface area contributed by atoms with Gasteiger partial charge in [0.05, 0.1) is 0 Å². The maximum atomic E-state index is 10.6. The quantitative estimate of drug-likeness (QED) is 0.741. The van der Waals surface area contributed by atoms with Gasteiger partial charge in [-0.05, 0) is 30.5 Å². The minimum atomic E-state index is -1.08. The van der Waals surface area contributed by atoms with Crippen molar-refractivity contribution in [2.45, 2.75) is 20.3 Å². The van der Waals surface area contributed by atoms with E-state index >= 15 is 0 Å². The normalized spacial score (nSPS) is 11.5. The number of nitrogens with two attached hydrogens (primary N) is 1. The van der Waals surface area contributed by atoms with Gasteiger partial charge in [0.25, 0.3) is 0 Å². The van der Waals surface area contributed by atoms with Crippen LogP contribution in [0.5, 0.6) is 0 Å². The molecule has 0 unspecified atom stereocenters. The SMILES string of the molecule is CCc1ccc(C)cc1/C=C(\N)C(=O)O. The molecule has 0 heterocycles. The van der Waals surface area contributed by atoms with E-state index in [1.165, 1.54) is 6.08 Å². The third-order valence-corrected chi connectivity index (χ3v) is 2.24. The predicted molar refractivity (Wildman–Crippen MR) is 60.4 cm³/mol. The first-order chi connectivity index (χ1) is 7.04. The van der Waals surface area contributed by atoms with Gasteiger partial charge in [0.15, 0.2) is 0 Å². The van der Waals surface area contributed by atoms with Crippen LogP contribution in [-0.2, 0) is 11.2 Å². The van der Waals surface area contributed by atoms with Crippen molar-refractivity contribution in [2.24, 2.45) is 5.73 Å². The van der Waals surface area contributed by atoms with Crippen LogP contribution in [0.15, 0.2) is 23.9 Å². The highest BCUT2D eigenvalue weighted by Crippen LogP contribution is 2.15. The molecule has 15 heavy (non-hydrogen) atoms. The zero-order valence-electron chi connectivity index (χ0n) is 8.95. The van der Waals surface area contributed by atoms with Crippen molar-refractivity contribution >= 4 is 12.0 Å². The average molecular weight is 205 g/mol. The summed E-state index contributed by atoms with van der Waals surface area (Å²) in [6.07, 6.45) is 2.37. The van der Waals surface area contributed by atoms with Crippen molar-refractivity contribution < 1.29 is 9.90 Å². The van der Waals surface area contributed by atoms with Gasteiger partial charge in [0, 0.05) is 0 Å². The molecule has 3 nitrogen and oxygen atoms in total. The highest BCUT2D eigenvalue weighted by molar-refractivity contribution is 5.91. The number of aryl methyl sites for hydroxylation is 2. The lowest BCUT2D eigenvalue weighted by Crippen LogP contribution is -2.09. The first-order valence-electron chi connectivity index (χ1n) is 4.84. The Balaban J connectivity index is 3.18. The Labute approximate surface area is 89.2 Å². The van der Waals surface area contributed by atoms with Gasteiger partial charge < -0.3 is 10.8 Å². The third kappa shape index (κ3) is 2.84. The predicted octanol–water partition coefficient (Wildman–Crippen LogP) is 1.94. The van der Waals surface area contributed by atoms with Gasteiger partial charge in [-0.25, -0.2) is 4.79 Å². The molecule has 0 amide bonds. The molecule has 0 radical (unpaired) electrons. The molecule has 3 heteroatoms. The molecule has 0 aliphatic rings. The minimum absolute atomic E-state index is 0.129. The molecule has 1 rings (SSSR count). The maximum Gasteiger partial charge on any atom is 0.351 e. The molecule has 0 saturated heterocycles. The summed E-state index contributed by atoms with van der Waals surface area (Å²) in [4.78, 5) is 10.6. The van der Waals surface area contributed by atoms with E-state index in [0.29, 0.717) is 0 Å². The molecule has 0 aliphatic carbocycles. The monoisotopic (exact) mass is 205 g/mol. The van der Waals surface area contributed by atoms with Crippen molar-refractivity contribution in [1.29, 1.82) is 0 Å². The first-order valence-corrected chi connectivity index (χ1v) is 4.84. The van der Waals surface area contributed by atoms with E-state index in [0.717, 1.165) is 23.1 Å². The molecule has 1 aromatic carbocycles. The summed E-state index contributed by atoms with van der Waals surface area (Å²) >= 11 is 0. The highest BCUT2D eigenvalue weighted by atomic mass is 16.4. The van der Waals surface area contributed by atoms with Crippen LogP contribution in [0.3, 0.4) is 0 Å². The summed E-state index contributed by atoms with van der Waals surface area (Å²) in [5, 5.41) is 8.68. The van der Waals surface area contributed by atoms with Crippen molar-refractivity contribution in [1.82, 2.24) is 0 Å². The van der Waals surface area contributed by atoms with Gasteiger partial charge in [0.1, 0.15) is 5.70 Å². The summed E-state index contributed by atoms with van der Waals surface area (Å²) in [7, 11) is 0.